The number of carbonyl (C=O) groups excluding carboxylic acids is 1. The minimum Gasteiger partial charge on any atom is -0.394 e. The molecule has 3 aliphatic heterocycles. The zero-order chi connectivity index (χ0) is 76.0. The Morgan fingerprint density at radius 3 is 1.03 bits per heavy atom. The van der Waals surface area contributed by atoms with E-state index in [0.29, 0.717) is 12.8 Å². The third-order valence-corrected chi connectivity index (χ3v) is 21.4. The Labute approximate surface area is 636 Å². The molecule has 0 spiro atoms. The highest BCUT2D eigenvalue weighted by Gasteiger charge is 2.54. The lowest BCUT2D eigenvalue weighted by molar-refractivity contribution is -0.379. The average molecular weight is 1490 g/mol. The first-order valence-electron chi connectivity index (χ1n) is 43.0. The van der Waals surface area contributed by atoms with E-state index in [1.165, 1.54) is 238 Å². The number of rotatable bonds is 69. The smallest absolute Gasteiger partial charge is 0.220 e. The third kappa shape index (κ3) is 45.6. The summed E-state index contributed by atoms with van der Waals surface area (Å²) in [6, 6.07) is -0.889. The van der Waals surface area contributed by atoms with Gasteiger partial charge in [0, 0.05) is 6.42 Å². The van der Waals surface area contributed by atoms with Crippen molar-refractivity contribution in [3.63, 3.8) is 0 Å². The molecule has 3 saturated heterocycles. The maximum atomic E-state index is 13.5. The number of allylic oxidation sites excluding steroid dienone is 10. The molecule has 0 aromatic heterocycles. The van der Waals surface area contributed by atoms with Crippen molar-refractivity contribution in [2.75, 3.05) is 26.4 Å². The number of nitrogens with one attached hydrogen (secondary N) is 1. The van der Waals surface area contributed by atoms with Gasteiger partial charge in [-0.3, -0.25) is 4.79 Å². The minimum absolute atomic E-state index is 0.237. The van der Waals surface area contributed by atoms with Crippen molar-refractivity contribution in [3.05, 3.63) is 60.8 Å². The van der Waals surface area contributed by atoms with Crippen molar-refractivity contribution < 1.29 is 89.4 Å². The van der Waals surface area contributed by atoms with Crippen molar-refractivity contribution in [1.29, 1.82) is 0 Å². The summed E-state index contributed by atoms with van der Waals surface area (Å²) in [7, 11) is 0. The fourth-order valence-electron chi connectivity index (χ4n) is 14.5. The molecule has 19 nitrogen and oxygen atoms in total. The number of aliphatic hydroxyl groups is 11. The Morgan fingerprint density at radius 2 is 0.657 bits per heavy atom. The summed E-state index contributed by atoms with van der Waals surface area (Å²) in [4.78, 5) is 13.5. The molecular formula is C86H157NO18. The van der Waals surface area contributed by atoms with Crippen LogP contribution in [0.15, 0.2) is 60.8 Å². The van der Waals surface area contributed by atoms with Crippen LogP contribution < -0.4 is 5.32 Å². The molecule has 12 N–H and O–H groups in total. The fraction of sp³-hybridized carbons (Fsp3) is 0.872. The van der Waals surface area contributed by atoms with Crippen molar-refractivity contribution in [2.24, 2.45) is 0 Å². The van der Waals surface area contributed by atoms with Gasteiger partial charge in [-0.25, -0.2) is 0 Å². The number of hydrogen-bond acceptors (Lipinski definition) is 18. The van der Waals surface area contributed by atoms with Crippen molar-refractivity contribution in [1.82, 2.24) is 5.32 Å². The molecule has 3 aliphatic rings. The quantitative estimate of drug-likeness (QED) is 0.0199. The van der Waals surface area contributed by atoms with E-state index in [1.807, 2.05) is 0 Å². The number of unbranched alkanes of at least 4 members (excludes halogenated alkanes) is 43. The van der Waals surface area contributed by atoms with Gasteiger partial charge in [-0.2, -0.15) is 0 Å². The van der Waals surface area contributed by atoms with Gasteiger partial charge in [-0.15, -0.1) is 0 Å². The standard InChI is InChI=1S/C86H157NO18/c1-3-5-7-9-11-13-15-17-19-21-23-25-27-29-30-31-32-33-34-35-36-37-38-40-42-44-46-48-50-52-54-56-58-60-62-64-74(92)87-69(70(91)63-61-59-57-55-53-51-49-47-45-43-41-39-28-26-24-22-20-18-16-14-12-10-8-6-4-2)68-100-84-80(98)77(95)82(72(66-89)102-84)105-86-81(99)78(96)83(73(67-90)103-86)104-85-79(97)76(94)75(93)71(65-88)101-85/h5,7,11,13,17,19,23,25,29-30,69-73,75-86,88-91,93-99H,3-4,6,8-10,12,14-16,18,20-22,24,26-28,31-68H2,1-2H3,(H,87,92)/b7-5-,13-11-,19-17-,25-23-,30-29-. The van der Waals surface area contributed by atoms with Crippen LogP contribution in [0.5, 0.6) is 0 Å². The molecule has 0 aromatic rings. The lowest BCUT2D eigenvalue weighted by atomic mass is 9.96. The van der Waals surface area contributed by atoms with E-state index in [-0.39, 0.29) is 18.9 Å². The Kier molecular flexibility index (Phi) is 60.9. The molecule has 105 heavy (non-hydrogen) atoms. The van der Waals surface area contributed by atoms with Gasteiger partial charge in [0.15, 0.2) is 18.9 Å². The van der Waals surface area contributed by atoms with E-state index in [4.69, 9.17) is 28.4 Å². The summed E-state index contributed by atoms with van der Waals surface area (Å²) >= 11 is 0. The summed E-state index contributed by atoms with van der Waals surface area (Å²) < 4.78 is 34.6. The molecule has 1 amide bonds. The minimum atomic E-state index is -1.97. The average Bonchev–Trinajstić information content (AvgIpc) is 0.781. The van der Waals surface area contributed by atoms with Crippen molar-refractivity contribution in [3.8, 4) is 0 Å². The molecule has 17 atom stereocenters. The van der Waals surface area contributed by atoms with Crippen LogP contribution in [0.2, 0.25) is 0 Å². The second-order valence-corrected chi connectivity index (χ2v) is 30.6. The first-order valence-corrected chi connectivity index (χ1v) is 43.0. The molecule has 0 saturated carbocycles. The summed E-state index contributed by atoms with van der Waals surface area (Å²) in [6.07, 6.45) is 58.9. The molecule has 3 fully saturated rings. The molecule has 0 radical (unpaired) electrons. The first-order chi connectivity index (χ1) is 51.3. The van der Waals surface area contributed by atoms with Crippen LogP contribution in [-0.2, 0) is 33.2 Å². The van der Waals surface area contributed by atoms with Gasteiger partial charge in [0.1, 0.15) is 73.2 Å². The van der Waals surface area contributed by atoms with Crippen LogP contribution in [0.1, 0.15) is 348 Å². The van der Waals surface area contributed by atoms with Crippen molar-refractivity contribution in [2.45, 2.75) is 452 Å². The summed E-state index contributed by atoms with van der Waals surface area (Å²) in [6.45, 7) is 1.74. The molecule has 3 heterocycles. The number of hydrogen-bond donors (Lipinski definition) is 12. The number of amides is 1. The summed E-state index contributed by atoms with van der Waals surface area (Å²) in [5.41, 5.74) is 0. The second kappa shape index (κ2) is 66.1. The van der Waals surface area contributed by atoms with Crippen LogP contribution in [0.25, 0.3) is 0 Å². The zero-order valence-corrected chi connectivity index (χ0v) is 66.0. The molecule has 17 unspecified atom stereocenters. The molecule has 614 valence electrons. The maximum absolute atomic E-state index is 13.5. The summed E-state index contributed by atoms with van der Waals surface area (Å²) in [5.74, 6) is -0.237. The van der Waals surface area contributed by atoms with Gasteiger partial charge in [-0.1, -0.05) is 344 Å². The van der Waals surface area contributed by atoms with Gasteiger partial charge in [-0.05, 0) is 57.8 Å². The van der Waals surface area contributed by atoms with Crippen molar-refractivity contribution >= 4 is 5.91 Å². The van der Waals surface area contributed by atoms with Gasteiger partial charge >= 0.3 is 0 Å². The van der Waals surface area contributed by atoms with Gasteiger partial charge in [0.05, 0.1) is 38.6 Å². The largest absolute Gasteiger partial charge is 0.394 e. The molecular weight excluding hydrogens is 1330 g/mol. The maximum Gasteiger partial charge on any atom is 0.220 e. The predicted molar refractivity (Wildman–Crippen MR) is 420 cm³/mol. The first kappa shape index (κ1) is 96.7. The highest BCUT2D eigenvalue weighted by atomic mass is 16.8. The number of aliphatic hydroxyl groups excluding tert-OH is 11. The van der Waals surface area contributed by atoms with Crippen LogP contribution in [0.4, 0.5) is 0 Å². The molecule has 0 bridgehead atoms. The highest BCUT2D eigenvalue weighted by molar-refractivity contribution is 5.76. The predicted octanol–water partition coefficient (Wildman–Crippen LogP) is 15.4. The van der Waals surface area contributed by atoms with E-state index in [9.17, 15) is 61.0 Å². The van der Waals surface area contributed by atoms with Crippen LogP contribution >= 0.6 is 0 Å². The highest BCUT2D eigenvalue weighted by Crippen LogP contribution is 2.33. The lowest BCUT2D eigenvalue weighted by Crippen LogP contribution is -2.66. The zero-order valence-electron chi connectivity index (χ0n) is 66.0. The Bertz CT molecular complexity index is 2130. The number of ether oxygens (including phenoxy) is 6. The van der Waals surface area contributed by atoms with Gasteiger partial charge < -0.3 is 89.9 Å². The van der Waals surface area contributed by atoms with Crippen LogP contribution in [0.3, 0.4) is 0 Å². The normalized spacial score (nSPS) is 26.0. The molecule has 3 rings (SSSR count). The van der Waals surface area contributed by atoms with Crippen LogP contribution in [-0.4, -0.2) is 193 Å². The van der Waals surface area contributed by atoms with E-state index in [2.05, 4.69) is 79.9 Å². The topological polar surface area (TPSA) is 307 Å². The SMILES string of the molecule is CC/C=C\C/C=C\C/C=C\C/C=C\C/C=C\CCCCCCCCCCCCCCCCCCCCCC(=O)NC(COC1OC(CO)C(OC2OC(CO)C(OC3OC(CO)C(O)C(O)C3O)C(O)C2O)C(O)C1O)C(O)CCCCCCCCCCCCCCCCCCCCCCCCCCC. The second-order valence-electron chi connectivity index (χ2n) is 30.6. The van der Waals surface area contributed by atoms with E-state index >= 15 is 0 Å². The Morgan fingerprint density at radius 1 is 0.352 bits per heavy atom. The monoisotopic (exact) mass is 1490 g/mol. The Hall–Kier alpha value is -2.51. The lowest BCUT2D eigenvalue weighted by Gasteiger charge is -2.48. The molecule has 0 aromatic carbocycles. The summed E-state index contributed by atoms with van der Waals surface area (Å²) in [5, 5.41) is 121. The molecule has 0 aliphatic carbocycles. The fourth-order valence-corrected chi connectivity index (χ4v) is 14.5. The van der Waals surface area contributed by atoms with Gasteiger partial charge in [0.25, 0.3) is 0 Å². The van der Waals surface area contributed by atoms with E-state index in [0.717, 1.165) is 77.0 Å². The van der Waals surface area contributed by atoms with E-state index in [1.54, 1.807) is 0 Å². The van der Waals surface area contributed by atoms with Gasteiger partial charge in [0.2, 0.25) is 5.91 Å². The molecule has 19 heteroatoms. The Balaban J connectivity index is 1.33. The van der Waals surface area contributed by atoms with E-state index < -0.39 is 124 Å². The van der Waals surface area contributed by atoms with Crippen LogP contribution in [0, 0.1) is 0 Å². The number of carbonyl (C=O) groups is 1. The third-order valence-electron chi connectivity index (χ3n) is 21.4.